The number of aliphatic hydroxyl groups is 2. The summed E-state index contributed by atoms with van der Waals surface area (Å²) in [7, 11) is 0. The van der Waals surface area contributed by atoms with Crippen LogP contribution in [0.4, 0.5) is 0 Å². The smallest absolute Gasteiger partial charge is 0.0878 e. The Kier molecular flexibility index (Phi) is 14.6. The molecule has 4 nitrogen and oxygen atoms in total. The summed E-state index contributed by atoms with van der Waals surface area (Å²) in [4.78, 5) is 10.1. The van der Waals surface area contributed by atoms with E-state index < -0.39 is 0 Å². The molecule has 4 unspecified atom stereocenters. The van der Waals surface area contributed by atoms with Crippen LogP contribution >= 0.6 is 0 Å². The molecule has 0 spiro atoms. The van der Waals surface area contributed by atoms with Gasteiger partial charge in [-0.1, -0.05) is 102 Å². The molecule has 0 aliphatic carbocycles. The van der Waals surface area contributed by atoms with Gasteiger partial charge in [0, 0.05) is 37.6 Å². The van der Waals surface area contributed by atoms with Crippen molar-refractivity contribution < 1.29 is 30.3 Å². The Morgan fingerprint density at radius 2 is 1.25 bits per heavy atom. The van der Waals surface area contributed by atoms with E-state index in [-0.39, 0.29) is 32.3 Å². The zero-order valence-electron chi connectivity index (χ0n) is 28.2. The second-order valence-electron chi connectivity index (χ2n) is 12.5. The fraction of sp³-hybridized carbons (Fsp3) is 0.436. The molecule has 0 aliphatic heterocycles. The molecule has 2 N–H and O–H groups in total. The van der Waals surface area contributed by atoms with Crippen LogP contribution in [0.1, 0.15) is 80.3 Å². The molecule has 1 heterocycles. The van der Waals surface area contributed by atoms with E-state index in [9.17, 15) is 10.2 Å². The third-order valence-corrected chi connectivity index (χ3v) is 8.49. The fourth-order valence-corrected chi connectivity index (χ4v) is 5.52. The topological polar surface area (TPSA) is 66.2 Å². The minimum Gasteiger partial charge on any atom is -0.393 e. The van der Waals surface area contributed by atoms with Gasteiger partial charge in [-0.15, -0.1) is 34.9 Å². The van der Waals surface area contributed by atoms with E-state index >= 15 is 0 Å². The molecule has 0 amide bonds. The SMILES string of the molecule is CCC(C)C(O)CC(O)C(C)CC.Cc1[c-]c(-c2ncc(-c3c(C)cccc3C)nc2-c2cc(C)cc(C)c2)cc(C)c1.[Ir]. The molecule has 0 saturated heterocycles. The van der Waals surface area contributed by atoms with E-state index in [1.54, 1.807) is 0 Å². The van der Waals surface area contributed by atoms with Crippen LogP contribution in [0.15, 0.2) is 54.7 Å². The Bertz CT molecular complexity index is 1440. The van der Waals surface area contributed by atoms with E-state index in [0.29, 0.717) is 18.3 Å². The van der Waals surface area contributed by atoms with Gasteiger partial charge in [0.15, 0.2) is 0 Å². The summed E-state index contributed by atoms with van der Waals surface area (Å²) in [5.41, 5.74) is 13.1. The Morgan fingerprint density at radius 3 is 1.75 bits per heavy atom. The van der Waals surface area contributed by atoms with Gasteiger partial charge in [-0.2, -0.15) is 0 Å². The van der Waals surface area contributed by atoms with Gasteiger partial charge >= 0.3 is 0 Å². The van der Waals surface area contributed by atoms with E-state index in [2.05, 4.69) is 110 Å². The molecule has 5 heteroatoms. The van der Waals surface area contributed by atoms with Crippen LogP contribution in [-0.2, 0) is 20.1 Å². The monoisotopic (exact) mass is 772 g/mol. The summed E-state index contributed by atoms with van der Waals surface area (Å²) in [6.45, 7) is 20.9. The number of aryl methyl sites for hydroxylation is 6. The largest absolute Gasteiger partial charge is 0.393 e. The van der Waals surface area contributed by atoms with Crippen LogP contribution in [0.5, 0.6) is 0 Å². The number of aromatic nitrogens is 2. The van der Waals surface area contributed by atoms with Crippen molar-refractivity contribution in [2.24, 2.45) is 11.8 Å². The number of rotatable bonds is 9. The van der Waals surface area contributed by atoms with Crippen LogP contribution in [0.3, 0.4) is 0 Å². The number of benzene rings is 3. The van der Waals surface area contributed by atoms with Crippen LogP contribution in [0.2, 0.25) is 0 Å². The van der Waals surface area contributed by atoms with Crippen molar-refractivity contribution in [3.8, 4) is 33.8 Å². The second-order valence-corrected chi connectivity index (χ2v) is 12.5. The summed E-state index contributed by atoms with van der Waals surface area (Å²) >= 11 is 0. The summed E-state index contributed by atoms with van der Waals surface area (Å²) in [5, 5.41) is 19.3. The van der Waals surface area contributed by atoms with Gasteiger partial charge in [-0.25, -0.2) is 0 Å². The zero-order valence-corrected chi connectivity index (χ0v) is 30.6. The van der Waals surface area contributed by atoms with Gasteiger partial charge in [-0.3, -0.25) is 4.98 Å². The van der Waals surface area contributed by atoms with Crippen LogP contribution < -0.4 is 0 Å². The van der Waals surface area contributed by atoms with E-state index in [1.165, 1.54) is 27.8 Å². The third kappa shape index (κ3) is 9.91. The predicted molar refractivity (Wildman–Crippen MR) is 181 cm³/mol. The molecule has 44 heavy (non-hydrogen) atoms. The molecule has 1 radical (unpaired) electrons. The van der Waals surface area contributed by atoms with Crippen LogP contribution in [0, 0.1) is 59.4 Å². The number of nitrogens with zero attached hydrogens (tertiary/aromatic N) is 2. The molecule has 4 rings (SSSR count). The second kappa shape index (κ2) is 17.1. The van der Waals surface area contributed by atoms with Crippen LogP contribution in [-0.4, -0.2) is 32.4 Å². The molecule has 0 bridgehead atoms. The standard InChI is InChI=1S/C28H27N2.C11H24O2.Ir/c1-17-10-18(2)13-23(12-17)27-28(24-14-19(3)11-20(4)15-24)30-25(16-29-27)26-21(5)8-7-9-22(26)6;1-5-8(3)10(12)7-11(13)9(4)6-2;/h7-12,14-16H,1-6H3;8-13H,5-7H2,1-4H3;/q-1;;. The van der Waals surface area contributed by atoms with Crippen LogP contribution in [0.25, 0.3) is 33.8 Å². The van der Waals surface area contributed by atoms with Gasteiger partial charge < -0.3 is 15.2 Å². The molecular formula is C39H51IrN2O2-. The van der Waals surface area contributed by atoms with Gasteiger partial charge in [-0.05, 0) is 62.6 Å². The van der Waals surface area contributed by atoms with Crippen molar-refractivity contribution in [1.29, 1.82) is 0 Å². The average Bonchev–Trinajstić information content (AvgIpc) is 2.95. The first kappa shape index (κ1) is 37.5. The van der Waals surface area contributed by atoms with Crippen molar-refractivity contribution in [1.82, 2.24) is 9.97 Å². The van der Waals surface area contributed by atoms with Crippen molar-refractivity contribution in [3.63, 3.8) is 0 Å². The van der Waals surface area contributed by atoms with Gasteiger partial charge in [0.2, 0.25) is 0 Å². The molecular weight excluding hydrogens is 721 g/mol. The number of hydrogen-bond acceptors (Lipinski definition) is 4. The van der Waals surface area contributed by atoms with Crippen molar-refractivity contribution >= 4 is 0 Å². The zero-order chi connectivity index (χ0) is 31.8. The minimum absolute atomic E-state index is 0. The maximum Gasteiger partial charge on any atom is 0.0878 e. The average molecular weight is 772 g/mol. The van der Waals surface area contributed by atoms with E-state index in [0.717, 1.165) is 52.2 Å². The predicted octanol–water partition coefficient (Wildman–Crippen LogP) is 9.32. The minimum atomic E-state index is -0.353. The number of aliphatic hydroxyl groups excluding tert-OH is 2. The van der Waals surface area contributed by atoms with E-state index in [1.807, 2.05) is 20.0 Å². The molecule has 0 fully saturated rings. The molecule has 0 aliphatic rings. The maximum atomic E-state index is 9.67. The summed E-state index contributed by atoms with van der Waals surface area (Å²) in [6, 6.07) is 20.7. The van der Waals surface area contributed by atoms with Crippen molar-refractivity contribution in [2.45, 2.75) is 101 Å². The molecule has 4 atom stereocenters. The maximum absolute atomic E-state index is 9.67. The first-order chi connectivity index (χ1) is 20.3. The summed E-state index contributed by atoms with van der Waals surface area (Å²) < 4.78 is 0. The Morgan fingerprint density at radius 1 is 0.727 bits per heavy atom. The molecule has 1 aromatic heterocycles. The van der Waals surface area contributed by atoms with Gasteiger partial charge in [0.25, 0.3) is 0 Å². The molecule has 4 aromatic rings. The fourth-order valence-electron chi connectivity index (χ4n) is 5.52. The van der Waals surface area contributed by atoms with Gasteiger partial charge in [0.05, 0.1) is 23.6 Å². The first-order valence-electron chi connectivity index (χ1n) is 15.7. The summed E-state index contributed by atoms with van der Waals surface area (Å²) in [6.07, 6.45) is 3.65. The number of hydrogen-bond donors (Lipinski definition) is 2. The molecule has 3 aromatic carbocycles. The third-order valence-electron chi connectivity index (χ3n) is 8.49. The Hall–Kier alpha value is -2.69. The van der Waals surface area contributed by atoms with E-state index in [4.69, 9.17) is 9.97 Å². The first-order valence-corrected chi connectivity index (χ1v) is 15.7. The Labute approximate surface area is 279 Å². The normalized spacial score (nSPS) is 13.6. The quantitative estimate of drug-likeness (QED) is 0.167. The van der Waals surface area contributed by atoms with Crippen molar-refractivity contribution in [2.75, 3.05) is 0 Å². The molecule has 239 valence electrons. The Balaban J connectivity index is 0.000000412. The van der Waals surface area contributed by atoms with Gasteiger partial charge in [0.1, 0.15) is 0 Å². The summed E-state index contributed by atoms with van der Waals surface area (Å²) in [5.74, 6) is 0.581. The van der Waals surface area contributed by atoms with Crippen molar-refractivity contribution in [3.05, 3.63) is 94.2 Å². The molecule has 0 saturated carbocycles.